The zero-order chi connectivity index (χ0) is 5.28. The van der Waals surface area contributed by atoms with Crippen molar-refractivity contribution in [2.24, 2.45) is 11.1 Å². The van der Waals surface area contributed by atoms with Gasteiger partial charge in [-0.25, -0.2) is 0 Å². The second-order valence-corrected chi connectivity index (χ2v) is 2.02. The number of hydrogen-bond donors (Lipinski definition) is 1. The van der Waals surface area contributed by atoms with Crippen molar-refractivity contribution >= 4 is 5.71 Å². The van der Waals surface area contributed by atoms with E-state index in [1.54, 1.807) is 0 Å². The van der Waals surface area contributed by atoms with Gasteiger partial charge in [-0.3, -0.25) is 0 Å². The van der Waals surface area contributed by atoms with Gasteiger partial charge in [0.1, 0.15) is 0 Å². The smallest absolute Gasteiger partial charge is 0.0570 e. The molecule has 0 spiro atoms. The monoisotopic (exact) mass is 99.1 g/mol. The summed E-state index contributed by atoms with van der Waals surface area (Å²) in [5, 5.41) is 11.2. The van der Waals surface area contributed by atoms with Gasteiger partial charge in [0.15, 0.2) is 0 Å². The maximum absolute atomic E-state index is 8.13. The molecular formula is C5H9NO. The zero-order valence-electron chi connectivity index (χ0n) is 4.39. The number of hydrogen-bond acceptors (Lipinski definition) is 2. The molecule has 1 fully saturated rings. The van der Waals surface area contributed by atoms with Gasteiger partial charge in [-0.15, -0.1) is 0 Å². The van der Waals surface area contributed by atoms with Gasteiger partial charge in [0.2, 0.25) is 0 Å². The third kappa shape index (κ3) is 0.918. The minimum atomic E-state index is 0.616. The van der Waals surface area contributed by atoms with E-state index >= 15 is 0 Å². The lowest BCUT2D eigenvalue weighted by molar-refractivity contribution is 0.317. The Morgan fingerprint density at radius 1 is 1.71 bits per heavy atom. The summed E-state index contributed by atoms with van der Waals surface area (Å²) < 4.78 is 0. The van der Waals surface area contributed by atoms with Crippen LogP contribution in [0.3, 0.4) is 0 Å². The van der Waals surface area contributed by atoms with Crippen LogP contribution in [-0.4, -0.2) is 10.9 Å². The number of rotatable bonds is 1. The Bertz CT molecular complexity index is 94.3. The summed E-state index contributed by atoms with van der Waals surface area (Å²) in [6.07, 6.45) is 2.44. The van der Waals surface area contributed by atoms with Crippen molar-refractivity contribution in [3.05, 3.63) is 0 Å². The summed E-state index contributed by atoms with van der Waals surface area (Å²) in [6, 6.07) is 0. The molecular weight excluding hydrogens is 90.1 g/mol. The standard InChI is InChI=1S/C5H9NO/c1-4(6-7)5-2-3-5/h5,7H,2-3H2,1H3. The quantitative estimate of drug-likeness (QED) is 0.299. The van der Waals surface area contributed by atoms with E-state index < -0.39 is 0 Å². The van der Waals surface area contributed by atoms with Crippen LogP contribution in [0.25, 0.3) is 0 Å². The molecule has 2 heteroatoms. The normalized spacial score (nSPS) is 22.7. The first-order chi connectivity index (χ1) is 3.34. The summed E-state index contributed by atoms with van der Waals surface area (Å²) in [7, 11) is 0. The highest BCUT2D eigenvalue weighted by Crippen LogP contribution is 2.29. The fraction of sp³-hybridized carbons (Fsp3) is 0.800. The summed E-state index contributed by atoms with van der Waals surface area (Å²) >= 11 is 0. The molecule has 7 heavy (non-hydrogen) atoms. The van der Waals surface area contributed by atoms with E-state index in [9.17, 15) is 0 Å². The van der Waals surface area contributed by atoms with Crippen molar-refractivity contribution in [2.75, 3.05) is 0 Å². The van der Waals surface area contributed by atoms with Crippen LogP contribution in [0.2, 0.25) is 0 Å². The Hall–Kier alpha value is -0.530. The van der Waals surface area contributed by atoms with Gasteiger partial charge in [0.25, 0.3) is 0 Å². The summed E-state index contributed by atoms with van der Waals surface area (Å²) in [6.45, 7) is 1.86. The van der Waals surface area contributed by atoms with Crippen molar-refractivity contribution < 1.29 is 5.21 Å². The molecule has 1 aliphatic carbocycles. The molecule has 1 saturated carbocycles. The number of oxime groups is 1. The van der Waals surface area contributed by atoms with Gasteiger partial charge in [0, 0.05) is 5.92 Å². The molecule has 0 heterocycles. The average Bonchev–Trinajstić information content (AvgIpc) is 2.44. The van der Waals surface area contributed by atoms with Gasteiger partial charge in [0.05, 0.1) is 5.71 Å². The molecule has 0 bridgehead atoms. The molecule has 1 rings (SSSR count). The SMILES string of the molecule is CC(=NO)C1CC1. The van der Waals surface area contributed by atoms with Crippen LogP contribution in [0.4, 0.5) is 0 Å². The molecule has 0 radical (unpaired) electrons. The predicted molar refractivity (Wildman–Crippen MR) is 27.6 cm³/mol. The molecule has 0 aliphatic heterocycles. The molecule has 0 aromatic heterocycles. The largest absolute Gasteiger partial charge is 0.411 e. The highest BCUT2D eigenvalue weighted by atomic mass is 16.4. The lowest BCUT2D eigenvalue weighted by Crippen LogP contribution is -1.90. The fourth-order valence-corrected chi connectivity index (χ4v) is 0.583. The minimum absolute atomic E-state index is 0.616. The molecule has 0 aromatic carbocycles. The molecule has 0 aromatic rings. The molecule has 40 valence electrons. The van der Waals surface area contributed by atoms with E-state index in [1.807, 2.05) is 6.92 Å². The Morgan fingerprint density at radius 3 is 2.43 bits per heavy atom. The first-order valence-corrected chi connectivity index (χ1v) is 2.53. The van der Waals surface area contributed by atoms with E-state index in [0.29, 0.717) is 5.92 Å². The molecule has 2 nitrogen and oxygen atoms in total. The Kier molecular flexibility index (Phi) is 1.01. The maximum atomic E-state index is 8.13. The van der Waals surface area contributed by atoms with E-state index in [2.05, 4.69) is 5.16 Å². The third-order valence-corrected chi connectivity index (χ3v) is 1.33. The van der Waals surface area contributed by atoms with Crippen LogP contribution in [0.15, 0.2) is 5.16 Å². The van der Waals surface area contributed by atoms with E-state index in [-0.39, 0.29) is 0 Å². The average molecular weight is 99.1 g/mol. The lowest BCUT2D eigenvalue weighted by atomic mass is 10.3. The predicted octanol–water partition coefficient (Wildman–Crippen LogP) is 1.25. The van der Waals surface area contributed by atoms with E-state index in [0.717, 1.165) is 5.71 Å². The maximum Gasteiger partial charge on any atom is 0.0570 e. The zero-order valence-corrected chi connectivity index (χ0v) is 4.39. The minimum Gasteiger partial charge on any atom is -0.411 e. The summed E-state index contributed by atoms with van der Waals surface area (Å²) in [4.78, 5) is 0. The van der Waals surface area contributed by atoms with Crippen LogP contribution in [0.5, 0.6) is 0 Å². The first kappa shape index (κ1) is 4.62. The van der Waals surface area contributed by atoms with Crippen molar-refractivity contribution in [1.29, 1.82) is 0 Å². The Morgan fingerprint density at radius 2 is 2.29 bits per heavy atom. The Balaban J connectivity index is 2.37. The van der Waals surface area contributed by atoms with Gasteiger partial charge >= 0.3 is 0 Å². The van der Waals surface area contributed by atoms with Crippen molar-refractivity contribution in [3.8, 4) is 0 Å². The van der Waals surface area contributed by atoms with Gasteiger partial charge in [-0.2, -0.15) is 0 Å². The first-order valence-electron chi connectivity index (χ1n) is 2.53. The molecule has 0 saturated heterocycles. The molecule has 0 unspecified atom stereocenters. The van der Waals surface area contributed by atoms with Crippen molar-refractivity contribution in [2.45, 2.75) is 19.8 Å². The highest BCUT2D eigenvalue weighted by Gasteiger charge is 2.24. The van der Waals surface area contributed by atoms with E-state index in [1.165, 1.54) is 12.8 Å². The summed E-state index contributed by atoms with van der Waals surface area (Å²) in [5.41, 5.74) is 0.889. The van der Waals surface area contributed by atoms with Crippen molar-refractivity contribution in [1.82, 2.24) is 0 Å². The van der Waals surface area contributed by atoms with Crippen LogP contribution < -0.4 is 0 Å². The van der Waals surface area contributed by atoms with Gasteiger partial charge in [-0.1, -0.05) is 5.16 Å². The lowest BCUT2D eigenvalue weighted by Gasteiger charge is -1.85. The molecule has 1 aliphatic rings. The van der Waals surface area contributed by atoms with Crippen LogP contribution in [0, 0.1) is 5.92 Å². The third-order valence-electron chi connectivity index (χ3n) is 1.33. The topological polar surface area (TPSA) is 32.6 Å². The van der Waals surface area contributed by atoms with Gasteiger partial charge in [-0.05, 0) is 19.8 Å². The summed E-state index contributed by atoms with van der Waals surface area (Å²) in [5.74, 6) is 0.616. The van der Waals surface area contributed by atoms with Gasteiger partial charge < -0.3 is 5.21 Å². The number of nitrogens with zero attached hydrogens (tertiary/aromatic N) is 1. The second-order valence-electron chi connectivity index (χ2n) is 2.02. The van der Waals surface area contributed by atoms with Crippen LogP contribution in [0.1, 0.15) is 19.8 Å². The van der Waals surface area contributed by atoms with Crippen molar-refractivity contribution in [3.63, 3.8) is 0 Å². The molecule has 0 amide bonds. The highest BCUT2D eigenvalue weighted by molar-refractivity contribution is 5.85. The van der Waals surface area contributed by atoms with E-state index in [4.69, 9.17) is 5.21 Å². The Labute approximate surface area is 42.8 Å². The second kappa shape index (κ2) is 1.52. The van der Waals surface area contributed by atoms with Crippen LogP contribution in [-0.2, 0) is 0 Å². The molecule has 0 atom stereocenters. The molecule has 1 N–H and O–H groups in total. The van der Waals surface area contributed by atoms with Crippen LogP contribution >= 0.6 is 0 Å². The fourth-order valence-electron chi connectivity index (χ4n) is 0.583.